The number of allylic oxidation sites excluding steroid dienone is 6. The smallest absolute Gasteiger partial charge is 0.264 e. The summed E-state index contributed by atoms with van der Waals surface area (Å²) in [5.41, 5.74) is 10.5. The Labute approximate surface area is 477 Å². The van der Waals surface area contributed by atoms with E-state index in [1.54, 1.807) is 0 Å². The first-order valence-corrected chi connectivity index (χ1v) is 32.8. The Hall–Kier alpha value is -3.15. The lowest BCUT2D eigenvalue weighted by Gasteiger charge is -2.26. The van der Waals surface area contributed by atoms with E-state index in [1.807, 2.05) is 53.5 Å². The maximum absolute atomic E-state index is 13.5. The van der Waals surface area contributed by atoms with Gasteiger partial charge in [0.1, 0.15) is 11.6 Å². The predicted octanol–water partition coefficient (Wildman–Crippen LogP) is 10.9. The van der Waals surface area contributed by atoms with Crippen LogP contribution in [0.3, 0.4) is 0 Å². The number of benzene rings is 3. The highest BCUT2D eigenvalue weighted by atomic mass is 35.5. The van der Waals surface area contributed by atoms with Gasteiger partial charge in [-0.25, -0.2) is 0 Å². The van der Waals surface area contributed by atoms with Crippen molar-refractivity contribution in [2.24, 2.45) is 0 Å². The first-order chi connectivity index (χ1) is 36.1. The summed E-state index contributed by atoms with van der Waals surface area (Å²) in [5.74, 6) is 2.07. The van der Waals surface area contributed by atoms with Crippen LogP contribution < -0.4 is 30.4 Å². The number of aryl methyl sites for hydroxylation is 4. The molecule has 0 aliphatic carbocycles. The van der Waals surface area contributed by atoms with Gasteiger partial charge < -0.3 is 35.6 Å². The molecule has 2 unspecified atom stereocenters. The first kappa shape index (κ1) is 62.1. The predicted molar refractivity (Wildman–Crippen MR) is 315 cm³/mol. The number of halogens is 6. The average Bonchev–Trinajstić information content (AvgIpc) is 3.95. The molecule has 0 spiro atoms. The summed E-state index contributed by atoms with van der Waals surface area (Å²) in [6.45, 7) is 1.29. The van der Waals surface area contributed by atoms with Crippen molar-refractivity contribution < 1.29 is 38.9 Å². The minimum Gasteiger partial charge on any atom is -0.757 e. The van der Waals surface area contributed by atoms with E-state index in [-0.39, 0.29) is 37.4 Å². The molecule has 2 atom stereocenters. The molecule has 25 heteroatoms. The quantitative estimate of drug-likeness (QED) is 0.0230. The van der Waals surface area contributed by atoms with E-state index in [2.05, 4.69) is 44.7 Å². The maximum Gasteiger partial charge on any atom is 0.264 e. The number of unbranched alkanes of at least 4 members (excludes halogenated alkanes) is 3. The lowest BCUT2D eigenvalue weighted by molar-refractivity contribution is 0.478. The molecule has 0 saturated carbocycles. The monoisotopic (exact) mass is 1230 g/mol. The van der Waals surface area contributed by atoms with Gasteiger partial charge in [-0.2, -0.15) is 25.3 Å². The maximum atomic E-state index is 13.5. The summed E-state index contributed by atoms with van der Waals surface area (Å²) in [6, 6.07) is 12.0. The number of anilines is 6. The van der Waals surface area contributed by atoms with Crippen molar-refractivity contribution in [3.63, 3.8) is 0 Å². The van der Waals surface area contributed by atoms with Crippen molar-refractivity contribution in [2.45, 2.75) is 87.8 Å². The summed E-state index contributed by atoms with van der Waals surface area (Å²) in [5, 5.41) is 20.2. The standard InChI is InChI=1S/C51H65Cl6N6O10S3/c52-17-13-36-29-44-46(31-38(36)15-19-54)61(22-2-5-25-75(68,69)70)50(58-44)11-7-9-42(56)27-40-33-48-49(63(64)35-60(48)21-1-4-24-74(65,66)67)34-41(40)28-43(57)10-8-12-51-59-45-30-37(14-18-53)39(16-20-55)32-47(45)62(51)23-3-6-26-76(71,72)73/h7-12,29-34,42-43,58-59H,1-6,13-28,35H2,(H,65,66,67)(H,68,69,70)(H,71,72,73)/q-1. The van der Waals surface area contributed by atoms with Crippen LogP contribution in [0.4, 0.5) is 34.1 Å². The average molecular weight is 1230 g/mol. The Morgan fingerprint density at radius 3 is 1.25 bits per heavy atom. The molecule has 5 N–H and O–H groups in total. The van der Waals surface area contributed by atoms with Gasteiger partial charge in [-0.15, -0.1) is 69.6 Å². The van der Waals surface area contributed by atoms with Gasteiger partial charge in [-0.1, -0.05) is 24.3 Å². The van der Waals surface area contributed by atoms with Gasteiger partial charge in [-0.05, 0) is 159 Å². The number of alkyl halides is 6. The Morgan fingerprint density at radius 2 is 0.868 bits per heavy atom. The highest BCUT2D eigenvalue weighted by Gasteiger charge is 2.28. The van der Waals surface area contributed by atoms with Crippen molar-refractivity contribution in [3.8, 4) is 0 Å². The molecule has 0 amide bonds. The molecule has 76 heavy (non-hydrogen) atoms. The largest absolute Gasteiger partial charge is 0.757 e. The fourth-order valence-electron chi connectivity index (χ4n) is 9.53. The second-order valence-corrected chi connectivity index (χ2v) is 26.1. The van der Waals surface area contributed by atoms with Crippen LogP contribution in [0.25, 0.3) is 0 Å². The number of fused-ring (bicyclic) bond motifs is 3. The van der Waals surface area contributed by atoms with E-state index in [0.29, 0.717) is 112 Å². The summed E-state index contributed by atoms with van der Waals surface area (Å²) >= 11 is 39.0. The minimum atomic E-state index is -4.14. The summed E-state index contributed by atoms with van der Waals surface area (Å²) < 4.78 is 96.9. The summed E-state index contributed by atoms with van der Waals surface area (Å²) in [4.78, 5) is 5.98. The number of hydrogen-bond donors (Lipinski definition) is 5. The molecule has 0 radical (unpaired) electrons. The lowest BCUT2D eigenvalue weighted by atomic mass is 9.96. The van der Waals surface area contributed by atoms with Crippen LogP contribution in [0.2, 0.25) is 0 Å². The van der Waals surface area contributed by atoms with Crippen LogP contribution in [0.1, 0.15) is 71.9 Å². The zero-order valence-electron chi connectivity index (χ0n) is 41.8. The zero-order valence-corrected chi connectivity index (χ0v) is 48.8. The molecular formula is C51H65Cl6N6O10S3-. The molecule has 0 bridgehead atoms. The van der Waals surface area contributed by atoms with Gasteiger partial charge in [0.2, 0.25) is 0 Å². The zero-order chi connectivity index (χ0) is 55.2. The number of hydroxylamine groups is 1. The van der Waals surface area contributed by atoms with E-state index in [9.17, 15) is 44.1 Å². The molecule has 6 rings (SSSR count). The van der Waals surface area contributed by atoms with Gasteiger partial charge in [0.15, 0.2) is 0 Å². The second kappa shape index (κ2) is 28.8. The Kier molecular flexibility index (Phi) is 23.5. The van der Waals surface area contributed by atoms with Crippen molar-refractivity contribution in [1.29, 1.82) is 0 Å². The Balaban J connectivity index is 1.26. The van der Waals surface area contributed by atoms with E-state index in [1.165, 1.54) is 0 Å². The van der Waals surface area contributed by atoms with Gasteiger partial charge >= 0.3 is 0 Å². The lowest BCUT2D eigenvalue weighted by Crippen LogP contribution is -2.28. The van der Waals surface area contributed by atoms with Crippen LogP contribution in [-0.2, 0) is 68.9 Å². The summed E-state index contributed by atoms with van der Waals surface area (Å²) in [6.07, 6.45) is 16.4. The Morgan fingerprint density at radius 1 is 0.513 bits per heavy atom. The normalized spacial score (nSPS) is 16.6. The molecule has 0 fully saturated rings. The fourth-order valence-corrected chi connectivity index (χ4v) is 12.6. The number of hydrogen-bond acceptors (Lipinski definition) is 13. The molecule has 3 aliphatic rings. The van der Waals surface area contributed by atoms with Crippen molar-refractivity contribution in [1.82, 2.24) is 0 Å². The molecule has 3 aromatic carbocycles. The second-order valence-electron chi connectivity index (χ2n) is 18.8. The number of rotatable bonds is 31. The van der Waals surface area contributed by atoms with Gasteiger partial charge in [0.25, 0.3) is 30.4 Å². The summed E-state index contributed by atoms with van der Waals surface area (Å²) in [7, 11) is -12.4. The number of nitrogens with one attached hydrogen (secondary N) is 2. The third-order valence-corrected chi connectivity index (χ3v) is 16.9. The Bertz CT molecular complexity index is 2970. The van der Waals surface area contributed by atoms with Crippen LogP contribution >= 0.6 is 69.6 Å². The fraction of sp³-hybridized carbons (Fsp3) is 0.490. The van der Waals surface area contributed by atoms with Crippen molar-refractivity contribution in [3.05, 3.63) is 123 Å². The molecule has 3 heterocycles. The van der Waals surface area contributed by atoms with E-state index < -0.39 is 46.9 Å². The molecule has 420 valence electrons. The van der Waals surface area contributed by atoms with Crippen molar-refractivity contribution in [2.75, 3.05) is 97.5 Å². The molecule has 0 aromatic heterocycles. The third kappa shape index (κ3) is 18.5. The van der Waals surface area contributed by atoms with Crippen LogP contribution in [0, 0.1) is 5.21 Å². The highest BCUT2D eigenvalue weighted by Crippen LogP contribution is 2.42. The minimum absolute atomic E-state index is 0.0184. The van der Waals surface area contributed by atoms with E-state index >= 15 is 0 Å². The molecule has 0 saturated heterocycles. The first-order valence-electron chi connectivity index (χ1n) is 25.0. The van der Waals surface area contributed by atoms with Gasteiger partial charge in [0, 0.05) is 43.2 Å². The van der Waals surface area contributed by atoms with E-state index in [0.717, 1.165) is 72.8 Å². The van der Waals surface area contributed by atoms with Gasteiger partial charge in [0.05, 0.1) is 68.8 Å². The molecule has 3 aliphatic heterocycles. The van der Waals surface area contributed by atoms with Gasteiger partial charge in [-0.3, -0.25) is 13.7 Å². The SMILES string of the molecule is O=S(=O)(O)CCCCN1CN([O-])c2cc(CC(Cl)C=CC=C3Nc4cc(CCCl)c(CCCl)cc4N3CCCCS(=O)(=O)O)c(CC(Cl)C=CC=C3Nc4cc(CCCl)c(CCCl)cc4N3CCCCS(=O)(=O)O)cc21. The molecule has 16 nitrogen and oxygen atoms in total. The van der Waals surface area contributed by atoms with E-state index in [4.69, 9.17) is 69.6 Å². The highest BCUT2D eigenvalue weighted by molar-refractivity contribution is 7.86. The van der Waals surface area contributed by atoms with Crippen LogP contribution in [0.5, 0.6) is 0 Å². The topological polar surface area (TPSA) is 223 Å². The molecular weight excluding hydrogens is 1170 g/mol. The number of nitrogens with zero attached hydrogens (tertiary/aromatic N) is 4. The van der Waals surface area contributed by atoms with Crippen LogP contribution in [0.15, 0.2) is 84.5 Å². The van der Waals surface area contributed by atoms with Crippen LogP contribution in [-0.4, -0.2) is 117 Å². The van der Waals surface area contributed by atoms with Crippen molar-refractivity contribution >= 4 is 134 Å². The molecule has 3 aromatic rings. The third-order valence-electron chi connectivity index (χ3n) is 13.1.